The molecule has 0 atom stereocenters. The van der Waals surface area contributed by atoms with Crippen molar-refractivity contribution >= 4 is 44.6 Å². The second-order valence-electron chi connectivity index (χ2n) is 3.92. The molecular formula is C12H9Cl2FN2O2S. The molecule has 0 heterocycles. The summed E-state index contributed by atoms with van der Waals surface area (Å²) in [5.41, 5.74) is 5.76. The Morgan fingerprint density at radius 1 is 1.05 bits per heavy atom. The topological polar surface area (TPSA) is 72.2 Å². The first-order chi connectivity index (χ1) is 9.29. The molecule has 0 aromatic heterocycles. The molecule has 0 fully saturated rings. The third-order valence-electron chi connectivity index (χ3n) is 2.42. The Kier molecular flexibility index (Phi) is 4.08. The summed E-state index contributed by atoms with van der Waals surface area (Å²) in [6.45, 7) is 0. The molecule has 2 aromatic carbocycles. The fourth-order valence-corrected chi connectivity index (χ4v) is 3.36. The van der Waals surface area contributed by atoms with Crippen LogP contribution < -0.4 is 10.5 Å². The zero-order chi connectivity index (χ0) is 14.9. The van der Waals surface area contributed by atoms with Crippen LogP contribution in [0.2, 0.25) is 10.0 Å². The number of hydrogen-bond acceptors (Lipinski definition) is 3. The molecule has 0 bridgehead atoms. The minimum absolute atomic E-state index is 0.0370. The smallest absolute Gasteiger partial charge is 0.263 e. The molecule has 4 nitrogen and oxygen atoms in total. The predicted molar refractivity (Wildman–Crippen MR) is 78.1 cm³/mol. The normalized spacial score (nSPS) is 11.3. The van der Waals surface area contributed by atoms with Gasteiger partial charge in [0.15, 0.2) is 0 Å². The molecule has 0 saturated carbocycles. The number of nitrogen functional groups attached to an aromatic ring is 1. The molecular weight excluding hydrogens is 326 g/mol. The summed E-state index contributed by atoms with van der Waals surface area (Å²) in [6, 6.07) is 7.31. The Balaban J connectivity index is 2.43. The summed E-state index contributed by atoms with van der Waals surface area (Å²) in [5.74, 6) is -0.615. The molecule has 106 valence electrons. The third kappa shape index (κ3) is 3.15. The molecule has 0 unspecified atom stereocenters. The molecule has 0 spiro atoms. The number of nitrogens with two attached hydrogens (primary N) is 1. The van der Waals surface area contributed by atoms with E-state index in [1.807, 2.05) is 0 Å². The van der Waals surface area contributed by atoms with Crippen LogP contribution in [0.1, 0.15) is 0 Å². The maximum atomic E-state index is 13.1. The summed E-state index contributed by atoms with van der Waals surface area (Å²) in [7, 11) is -3.99. The molecule has 0 aliphatic carbocycles. The second kappa shape index (κ2) is 5.47. The highest BCUT2D eigenvalue weighted by Crippen LogP contribution is 2.29. The van der Waals surface area contributed by atoms with Crippen LogP contribution in [0.15, 0.2) is 41.3 Å². The lowest BCUT2D eigenvalue weighted by atomic mass is 10.3. The molecule has 20 heavy (non-hydrogen) atoms. The van der Waals surface area contributed by atoms with Crippen molar-refractivity contribution in [1.82, 2.24) is 0 Å². The molecule has 2 rings (SSSR count). The maximum absolute atomic E-state index is 13.1. The van der Waals surface area contributed by atoms with E-state index in [-0.39, 0.29) is 20.6 Å². The highest BCUT2D eigenvalue weighted by Gasteiger charge is 2.19. The van der Waals surface area contributed by atoms with Gasteiger partial charge in [-0.05, 0) is 36.4 Å². The van der Waals surface area contributed by atoms with Crippen molar-refractivity contribution in [2.24, 2.45) is 0 Å². The molecule has 2 aromatic rings. The highest BCUT2D eigenvalue weighted by molar-refractivity contribution is 7.92. The van der Waals surface area contributed by atoms with Gasteiger partial charge in [-0.2, -0.15) is 0 Å². The standard InChI is InChI=1S/C12H9Cl2FN2O2S/c13-9-3-1-7(15)5-11(9)17-20(18,19)12-4-2-8(16)6-10(12)14/h1-6,17H,16H2. The van der Waals surface area contributed by atoms with Gasteiger partial charge in [-0.15, -0.1) is 0 Å². The average molecular weight is 335 g/mol. The van der Waals surface area contributed by atoms with Gasteiger partial charge in [0.2, 0.25) is 0 Å². The van der Waals surface area contributed by atoms with Crippen molar-refractivity contribution in [2.45, 2.75) is 4.90 Å². The Morgan fingerprint density at radius 3 is 2.40 bits per heavy atom. The summed E-state index contributed by atoms with van der Waals surface area (Å²) in [4.78, 5) is -0.173. The van der Waals surface area contributed by atoms with Crippen molar-refractivity contribution < 1.29 is 12.8 Å². The van der Waals surface area contributed by atoms with Gasteiger partial charge in [0.1, 0.15) is 10.7 Å². The van der Waals surface area contributed by atoms with E-state index in [4.69, 9.17) is 28.9 Å². The molecule has 0 radical (unpaired) electrons. The average Bonchev–Trinajstić information content (AvgIpc) is 2.33. The van der Waals surface area contributed by atoms with Gasteiger partial charge in [0, 0.05) is 5.69 Å². The van der Waals surface area contributed by atoms with E-state index >= 15 is 0 Å². The number of benzene rings is 2. The summed E-state index contributed by atoms with van der Waals surface area (Å²) < 4.78 is 39.7. The lowest BCUT2D eigenvalue weighted by Gasteiger charge is -2.11. The molecule has 8 heteroatoms. The van der Waals surface area contributed by atoms with Crippen LogP contribution >= 0.6 is 23.2 Å². The number of anilines is 2. The van der Waals surface area contributed by atoms with Crippen LogP contribution in [0, 0.1) is 5.82 Å². The zero-order valence-corrected chi connectivity index (χ0v) is 12.2. The highest BCUT2D eigenvalue weighted by atomic mass is 35.5. The van der Waals surface area contributed by atoms with Gasteiger partial charge in [-0.3, -0.25) is 4.72 Å². The van der Waals surface area contributed by atoms with Crippen LogP contribution in [0.3, 0.4) is 0 Å². The van der Waals surface area contributed by atoms with Crippen molar-refractivity contribution in [1.29, 1.82) is 0 Å². The number of rotatable bonds is 3. The Labute approximate surface area is 125 Å². The van der Waals surface area contributed by atoms with Crippen LogP contribution in [0.5, 0.6) is 0 Å². The van der Waals surface area contributed by atoms with E-state index < -0.39 is 15.8 Å². The van der Waals surface area contributed by atoms with E-state index in [1.165, 1.54) is 24.3 Å². The fraction of sp³-hybridized carbons (Fsp3) is 0. The Bertz CT molecular complexity index is 766. The number of hydrogen-bond donors (Lipinski definition) is 2. The first-order valence-corrected chi connectivity index (χ1v) is 7.56. The Morgan fingerprint density at radius 2 is 1.75 bits per heavy atom. The van der Waals surface area contributed by atoms with Crippen LogP contribution in [-0.4, -0.2) is 8.42 Å². The second-order valence-corrected chi connectivity index (χ2v) is 6.38. The number of halogens is 3. The van der Waals surface area contributed by atoms with E-state index in [0.29, 0.717) is 5.69 Å². The van der Waals surface area contributed by atoms with Gasteiger partial charge < -0.3 is 5.73 Å². The quantitative estimate of drug-likeness (QED) is 0.843. The van der Waals surface area contributed by atoms with Crippen molar-refractivity contribution in [2.75, 3.05) is 10.5 Å². The molecule has 0 saturated heterocycles. The van der Waals surface area contributed by atoms with Crippen molar-refractivity contribution in [3.63, 3.8) is 0 Å². The lowest BCUT2D eigenvalue weighted by molar-refractivity contribution is 0.601. The Hall–Kier alpha value is -1.50. The largest absolute Gasteiger partial charge is 0.399 e. The fourth-order valence-electron chi connectivity index (χ4n) is 1.51. The maximum Gasteiger partial charge on any atom is 0.263 e. The molecule has 0 aliphatic rings. The van der Waals surface area contributed by atoms with Crippen LogP contribution in [-0.2, 0) is 10.0 Å². The van der Waals surface area contributed by atoms with E-state index in [9.17, 15) is 12.8 Å². The van der Waals surface area contributed by atoms with Crippen molar-refractivity contribution in [3.05, 3.63) is 52.3 Å². The molecule has 0 amide bonds. The molecule has 3 N–H and O–H groups in total. The first kappa shape index (κ1) is 14.9. The van der Waals surface area contributed by atoms with E-state index in [2.05, 4.69) is 4.72 Å². The summed E-state index contributed by atoms with van der Waals surface area (Å²) >= 11 is 11.7. The number of sulfonamides is 1. The van der Waals surface area contributed by atoms with Crippen LogP contribution in [0.4, 0.5) is 15.8 Å². The SMILES string of the molecule is Nc1ccc(S(=O)(=O)Nc2cc(F)ccc2Cl)c(Cl)c1. The minimum atomic E-state index is -3.99. The van der Waals surface area contributed by atoms with Crippen LogP contribution in [0.25, 0.3) is 0 Å². The lowest BCUT2D eigenvalue weighted by Crippen LogP contribution is -2.14. The molecule has 0 aliphatic heterocycles. The van der Waals surface area contributed by atoms with Crippen molar-refractivity contribution in [3.8, 4) is 0 Å². The third-order valence-corrected chi connectivity index (χ3v) is 4.60. The zero-order valence-electron chi connectivity index (χ0n) is 9.90. The van der Waals surface area contributed by atoms with Gasteiger partial charge in [-0.25, -0.2) is 12.8 Å². The summed E-state index contributed by atoms with van der Waals surface area (Å²) in [6.07, 6.45) is 0. The van der Waals surface area contributed by atoms with E-state index in [1.54, 1.807) is 0 Å². The van der Waals surface area contributed by atoms with Gasteiger partial charge >= 0.3 is 0 Å². The monoisotopic (exact) mass is 334 g/mol. The van der Waals surface area contributed by atoms with E-state index in [0.717, 1.165) is 12.1 Å². The predicted octanol–water partition coefficient (Wildman–Crippen LogP) is 3.52. The number of nitrogens with one attached hydrogen (secondary N) is 1. The minimum Gasteiger partial charge on any atom is -0.399 e. The summed E-state index contributed by atoms with van der Waals surface area (Å²) in [5, 5.41) is 0.0339. The first-order valence-electron chi connectivity index (χ1n) is 5.32. The van der Waals surface area contributed by atoms with Gasteiger partial charge in [-0.1, -0.05) is 23.2 Å². The van der Waals surface area contributed by atoms with Gasteiger partial charge in [0.25, 0.3) is 10.0 Å². The van der Waals surface area contributed by atoms with Gasteiger partial charge in [0.05, 0.1) is 15.7 Å².